The van der Waals surface area contributed by atoms with E-state index in [4.69, 9.17) is 14.5 Å². The van der Waals surface area contributed by atoms with Crippen LogP contribution in [0.1, 0.15) is 30.3 Å². The van der Waals surface area contributed by atoms with Gasteiger partial charge in [-0.1, -0.05) is 5.16 Å². The summed E-state index contributed by atoms with van der Waals surface area (Å²) in [5.74, 6) is 1.01. The van der Waals surface area contributed by atoms with Crippen molar-refractivity contribution in [2.45, 2.75) is 18.9 Å². The summed E-state index contributed by atoms with van der Waals surface area (Å²) >= 11 is 0. The molecule has 0 saturated carbocycles. The van der Waals surface area contributed by atoms with Gasteiger partial charge in [0.25, 0.3) is 5.89 Å². The first kappa shape index (κ1) is 11.0. The standard InChI is InChI=1S/C12H12N4O2/c1-16-7-8(6-13)5-9(16)12-14-11(15-18-12)10-3-2-4-17-10/h5,7,10H,2-4H2,1H3. The van der Waals surface area contributed by atoms with Crippen molar-refractivity contribution in [1.82, 2.24) is 14.7 Å². The first-order valence-corrected chi connectivity index (χ1v) is 5.80. The van der Waals surface area contributed by atoms with E-state index in [2.05, 4.69) is 16.2 Å². The molecule has 0 radical (unpaired) electrons. The highest BCUT2D eigenvalue weighted by atomic mass is 16.5. The highest BCUT2D eigenvalue weighted by Crippen LogP contribution is 2.28. The van der Waals surface area contributed by atoms with Gasteiger partial charge in [0.05, 0.1) is 5.56 Å². The van der Waals surface area contributed by atoms with Crippen molar-refractivity contribution in [2.75, 3.05) is 6.61 Å². The van der Waals surface area contributed by atoms with Gasteiger partial charge in [0.2, 0.25) is 5.82 Å². The normalized spacial score (nSPS) is 19.0. The molecular weight excluding hydrogens is 232 g/mol. The zero-order chi connectivity index (χ0) is 12.5. The average molecular weight is 244 g/mol. The van der Waals surface area contributed by atoms with Crippen molar-refractivity contribution in [3.63, 3.8) is 0 Å². The van der Waals surface area contributed by atoms with Crippen LogP contribution in [0.15, 0.2) is 16.8 Å². The van der Waals surface area contributed by atoms with Crippen LogP contribution in [0.25, 0.3) is 11.6 Å². The van der Waals surface area contributed by atoms with Gasteiger partial charge in [-0.3, -0.25) is 0 Å². The van der Waals surface area contributed by atoms with E-state index in [1.165, 1.54) is 0 Å². The molecule has 1 unspecified atom stereocenters. The van der Waals surface area contributed by atoms with Crippen LogP contribution in [0.5, 0.6) is 0 Å². The number of aryl methyl sites for hydroxylation is 1. The molecule has 1 aliphatic rings. The topological polar surface area (TPSA) is 76.9 Å². The van der Waals surface area contributed by atoms with E-state index in [1.807, 2.05) is 7.05 Å². The molecule has 0 aliphatic carbocycles. The van der Waals surface area contributed by atoms with Gasteiger partial charge in [-0.05, 0) is 18.9 Å². The van der Waals surface area contributed by atoms with Gasteiger partial charge in [0, 0.05) is 19.9 Å². The fraction of sp³-hybridized carbons (Fsp3) is 0.417. The number of rotatable bonds is 2. The molecule has 1 atom stereocenters. The second kappa shape index (κ2) is 4.27. The molecule has 1 aliphatic heterocycles. The summed E-state index contributed by atoms with van der Waals surface area (Å²) < 4.78 is 12.5. The molecule has 0 spiro atoms. The van der Waals surface area contributed by atoms with Crippen molar-refractivity contribution in [3.05, 3.63) is 23.7 Å². The van der Waals surface area contributed by atoms with Crippen LogP contribution >= 0.6 is 0 Å². The Labute approximate surface area is 104 Å². The summed E-state index contributed by atoms with van der Waals surface area (Å²) in [5.41, 5.74) is 1.31. The second-order valence-corrected chi connectivity index (χ2v) is 4.30. The predicted molar refractivity (Wildman–Crippen MR) is 61.3 cm³/mol. The summed E-state index contributed by atoms with van der Waals surface area (Å²) in [4.78, 5) is 4.34. The molecule has 6 nitrogen and oxygen atoms in total. The van der Waals surface area contributed by atoms with Gasteiger partial charge < -0.3 is 13.8 Å². The summed E-state index contributed by atoms with van der Waals surface area (Å²) in [7, 11) is 1.84. The fourth-order valence-corrected chi connectivity index (χ4v) is 2.09. The smallest absolute Gasteiger partial charge is 0.274 e. The van der Waals surface area contributed by atoms with Crippen LogP contribution in [0.4, 0.5) is 0 Å². The van der Waals surface area contributed by atoms with E-state index in [9.17, 15) is 0 Å². The first-order chi connectivity index (χ1) is 8.78. The average Bonchev–Trinajstić information content (AvgIpc) is 3.08. The number of aromatic nitrogens is 3. The van der Waals surface area contributed by atoms with E-state index in [0.717, 1.165) is 25.1 Å². The zero-order valence-corrected chi connectivity index (χ0v) is 9.96. The van der Waals surface area contributed by atoms with Crippen LogP contribution in [-0.4, -0.2) is 21.3 Å². The Morgan fingerprint density at radius 2 is 2.44 bits per heavy atom. The number of nitrogens with zero attached hydrogens (tertiary/aromatic N) is 4. The lowest BCUT2D eigenvalue weighted by atomic mass is 10.2. The largest absolute Gasteiger partial charge is 0.370 e. The second-order valence-electron chi connectivity index (χ2n) is 4.30. The SMILES string of the molecule is Cn1cc(C#N)cc1-c1nc(C2CCCO2)no1. The molecule has 6 heteroatoms. The van der Waals surface area contributed by atoms with Crippen LogP contribution in [0.3, 0.4) is 0 Å². The maximum Gasteiger partial charge on any atom is 0.274 e. The van der Waals surface area contributed by atoms with Crippen LogP contribution < -0.4 is 0 Å². The van der Waals surface area contributed by atoms with Gasteiger partial charge in [0.1, 0.15) is 17.9 Å². The lowest BCUT2D eigenvalue weighted by Crippen LogP contribution is -1.98. The zero-order valence-electron chi connectivity index (χ0n) is 9.96. The molecular formula is C12H12N4O2. The molecule has 0 N–H and O–H groups in total. The van der Waals surface area contributed by atoms with Gasteiger partial charge in [-0.15, -0.1) is 0 Å². The number of hydrogen-bond acceptors (Lipinski definition) is 5. The monoisotopic (exact) mass is 244 g/mol. The quantitative estimate of drug-likeness (QED) is 0.805. The Balaban J connectivity index is 1.92. The third kappa shape index (κ3) is 1.79. The van der Waals surface area contributed by atoms with Gasteiger partial charge in [-0.25, -0.2) is 0 Å². The molecule has 3 rings (SSSR count). The Morgan fingerprint density at radius 1 is 1.56 bits per heavy atom. The fourth-order valence-electron chi connectivity index (χ4n) is 2.09. The summed E-state index contributed by atoms with van der Waals surface area (Å²) in [6.45, 7) is 0.747. The van der Waals surface area contributed by atoms with Gasteiger partial charge >= 0.3 is 0 Å². The number of ether oxygens (including phenoxy) is 1. The lowest BCUT2D eigenvalue weighted by Gasteiger charge is -2.00. The molecule has 92 valence electrons. The molecule has 1 saturated heterocycles. The Hall–Kier alpha value is -2.13. The number of nitriles is 1. The molecule has 2 aromatic rings. The molecule has 2 aromatic heterocycles. The summed E-state index contributed by atoms with van der Waals surface area (Å²) in [5, 5.41) is 12.8. The molecule has 18 heavy (non-hydrogen) atoms. The Kier molecular flexibility index (Phi) is 2.61. The first-order valence-electron chi connectivity index (χ1n) is 5.80. The minimum Gasteiger partial charge on any atom is -0.370 e. The van der Waals surface area contributed by atoms with Crippen molar-refractivity contribution < 1.29 is 9.26 Å². The molecule has 3 heterocycles. The van der Waals surface area contributed by atoms with Gasteiger partial charge in [-0.2, -0.15) is 10.2 Å². The maximum atomic E-state index is 8.85. The van der Waals surface area contributed by atoms with Crippen molar-refractivity contribution in [2.24, 2.45) is 7.05 Å². The third-order valence-corrected chi connectivity index (χ3v) is 3.01. The van der Waals surface area contributed by atoms with E-state index in [-0.39, 0.29) is 6.10 Å². The minimum atomic E-state index is -0.0572. The minimum absolute atomic E-state index is 0.0572. The van der Waals surface area contributed by atoms with Crippen molar-refractivity contribution >= 4 is 0 Å². The van der Waals surface area contributed by atoms with E-state index < -0.39 is 0 Å². The molecule has 0 aromatic carbocycles. The van der Waals surface area contributed by atoms with Gasteiger partial charge in [0.15, 0.2) is 0 Å². The molecule has 1 fully saturated rings. The predicted octanol–water partition coefficient (Wildman–Crippen LogP) is 1.80. The van der Waals surface area contributed by atoms with Crippen molar-refractivity contribution in [1.29, 1.82) is 5.26 Å². The highest BCUT2D eigenvalue weighted by molar-refractivity contribution is 5.52. The van der Waals surface area contributed by atoms with Crippen LogP contribution in [0.2, 0.25) is 0 Å². The van der Waals surface area contributed by atoms with Crippen LogP contribution in [0, 0.1) is 11.3 Å². The molecule has 0 bridgehead atoms. The highest BCUT2D eigenvalue weighted by Gasteiger charge is 2.24. The van der Waals surface area contributed by atoms with E-state index in [0.29, 0.717) is 17.3 Å². The number of hydrogen-bond donors (Lipinski definition) is 0. The lowest BCUT2D eigenvalue weighted by molar-refractivity contribution is 0.103. The Bertz CT molecular complexity index is 602. The summed E-state index contributed by atoms with van der Waals surface area (Å²) in [6, 6.07) is 3.81. The Morgan fingerprint density at radius 3 is 3.11 bits per heavy atom. The van der Waals surface area contributed by atoms with Crippen LogP contribution in [-0.2, 0) is 11.8 Å². The third-order valence-electron chi connectivity index (χ3n) is 3.01. The van der Waals surface area contributed by atoms with E-state index in [1.54, 1.807) is 16.8 Å². The maximum absolute atomic E-state index is 8.85. The van der Waals surface area contributed by atoms with Crippen molar-refractivity contribution in [3.8, 4) is 17.7 Å². The van der Waals surface area contributed by atoms with E-state index >= 15 is 0 Å². The summed E-state index contributed by atoms with van der Waals surface area (Å²) in [6.07, 6.45) is 3.62. The molecule has 0 amide bonds.